The van der Waals surface area contributed by atoms with Crippen LogP contribution in [0.1, 0.15) is 20.3 Å². The fraction of sp³-hybridized carbons (Fsp3) is 1.00. The Kier molecular flexibility index (Phi) is 1.95. The van der Waals surface area contributed by atoms with Crippen LogP contribution < -0.4 is 0 Å². The number of hydrogen-bond acceptors (Lipinski definition) is 3. The molecule has 0 aromatic rings. The van der Waals surface area contributed by atoms with Gasteiger partial charge in [0.05, 0.1) is 12.2 Å². The summed E-state index contributed by atoms with van der Waals surface area (Å²) in [4.78, 5) is 0. The van der Waals surface area contributed by atoms with E-state index in [9.17, 15) is 10.2 Å². The minimum atomic E-state index is -0.721. The lowest BCUT2D eigenvalue weighted by Gasteiger charge is -2.63. The van der Waals surface area contributed by atoms with Crippen LogP contribution in [-0.4, -0.2) is 34.1 Å². The van der Waals surface area contributed by atoms with Crippen LogP contribution in [0.3, 0.4) is 0 Å². The zero-order valence-corrected chi connectivity index (χ0v) is 8.14. The molecule has 3 aliphatic rings. The van der Waals surface area contributed by atoms with E-state index in [1.807, 2.05) is 0 Å². The van der Waals surface area contributed by atoms with Crippen LogP contribution in [-0.2, 0) is 0 Å². The number of hydrogen-bond donors (Lipinski definition) is 3. The van der Waals surface area contributed by atoms with Gasteiger partial charge in [-0.2, -0.15) is 0 Å². The van der Waals surface area contributed by atoms with Crippen molar-refractivity contribution in [2.24, 2.45) is 23.2 Å². The highest BCUT2D eigenvalue weighted by Crippen LogP contribution is 2.61. The molecule has 5 atom stereocenters. The first kappa shape index (κ1) is 9.44. The Labute approximate surface area is 78.4 Å². The first-order valence-electron chi connectivity index (χ1n) is 4.97. The maximum Gasteiger partial charge on any atom is 0.0854 e. The zero-order valence-electron chi connectivity index (χ0n) is 8.14. The van der Waals surface area contributed by atoms with Crippen molar-refractivity contribution in [1.29, 1.82) is 0 Å². The maximum atomic E-state index is 9.76. The summed E-state index contributed by atoms with van der Waals surface area (Å²) in [5, 5.41) is 28.6. The minimum absolute atomic E-state index is 0.0148. The summed E-state index contributed by atoms with van der Waals surface area (Å²) in [6.07, 6.45) is -0.407. The van der Waals surface area contributed by atoms with Gasteiger partial charge < -0.3 is 15.3 Å². The van der Waals surface area contributed by atoms with Crippen LogP contribution in [0.5, 0.6) is 0 Å². The van der Waals surface area contributed by atoms with Crippen LogP contribution in [0.4, 0.5) is 0 Å². The molecule has 76 valence electrons. The molecule has 3 heteroatoms. The van der Waals surface area contributed by atoms with Gasteiger partial charge in [-0.05, 0) is 23.7 Å². The Morgan fingerprint density at radius 2 is 1.77 bits per heavy atom. The first-order chi connectivity index (χ1) is 6.00. The van der Waals surface area contributed by atoms with Crippen molar-refractivity contribution in [1.82, 2.24) is 0 Å². The van der Waals surface area contributed by atoms with Crippen molar-refractivity contribution in [3.8, 4) is 0 Å². The number of aliphatic hydroxyl groups excluding tert-OH is 3. The lowest BCUT2D eigenvalue weighted by Crippen LogP contribution is -2.65. The summed E-state index contributed by atoms with van der Waals surface area (Å²) in [5.74, 6) is 0.464. The van der Waals surface area contributed by atoms with E-state index in [-0.39, 0.29) is 23.9 Å². The van der Waals surface area contributed by atoms with Gasteiger partial charge in [0.1, 0.15) is 0 Å². The SMILES string of the molecule is CC1(C)[C@@H]2C[C@H]1[C@H](O)[C@@H](O)[C@@H]2CO. The predicted molar refractivity (Wildman–Crippen MR) is 48.0 cm³/mol. The van der Waals surface area contributed by atoms with E-state index in [1.165, 1.54) is 0 Å². The van der Waals surface area contributed by atoms with E-state index >= 15 is 0 Å². The van der Waals surface area contributed by atoms with Crippen LogP contribution in [0.15, 0.2) is 0 Å². The molecule has 0 heterocycles. The molecule has 3 rings (SSSR count). The molecule has 0 aromatic carbocycles. The van der Waals surface area contributed by atoms with Gasteiger partial charge in [-0.1, -0.05) is 13.8 Å². The molecule has 2 bridgehead atoms. The Morgan fingerprint density at radius 1 is 1.15 bits per heavy atom. The highest BCUT2D eigenvalue weighted by Gasteiger charge is 2.61. The van der Waals surface area contributed by atoms with Crippen molar-refractivity contribution in [2.75, 3.05) is 6.61 Å². The van der Waals surface area contributed by atoms with Crippen LogP contribution in [0, 0.1) is 23.2 Å². The second-order valence-corrected chi connectivity index (χ2v) is 5.10. The molecule has 0 radical (unpaired) electrons. The van der Waals surface area contributed by atoms with Gasteiger partial charge in [0.25, 0.3) is 0 Å². The molecule has 0 unspecified atom stereocenters. The molecule has 0 aliphatic heterocycles. The van der Waals surface area contributed by atoms with Gasteiger partial charge in [-0.15, -0.1) is 0 Å². The van der Waals surface area contributed by atoms with E-state index in [0.717, 1.165) is 6.42 Å². The molecule has 0 amide bonds. The third-order valence-electron chi connectivity index (χ3n) is 4.35. The number of rotatable bonds is 1. The van der Waals surface area contributed by atoms with E-state index in [2.05, 4.69) is 13.8 Å². The minimum Gasteiger partial charge on any atom is -0.396 e. The Hall–Kier alpha value is -0.120. The third-order valence-corrected chi connectivity index (χ3v) is 4.35. The van der Waals surface area contributed by atoms with E-state index in [0.29, 0.717) is 5.92 Å². The summed E-state index contributed by atoms with van der Waals surface area (Å²) in [6.45, 7) is 4.21. The van der Waals surface area contributed by atoms with Gasteiger partial charge in [-0.25, -0.2) is 0 Å². The average Bonchev–Trinajstić information content (AvgIpc) is 2.08. The normalized spacial score (nSPS) is 52.8. The molecule has 0 saturated heterocycles. The third kappa shape index (κ3) is 1.01. The van der Waals surface area contributed by atoms with E-state index in [4.69, 9.17) is 5.11 Å². The van der Waals surface area contributed by atoms with E-state index in [1.54, 1.807) is 0 Å². The summed E-state index contributed by atoms with van der Waals surface area (Å²) in [5.41, 5.74) is 0.0893. The molecule has 3 nitrogen and oxygen atoms in total. The van der Waals surface area contributed by atoms with Crippen molar-refractivity contribution in [2.45, 2.75) is 32.5 Å². The fourth-order valence-corrected chi connectivity index (χ4v) is 3.27. The van der Waals surface area contributed by atoms with Gasteiger partial charge in [0.15, 0.2) is 0 Å². The molecule has 3 aliphatic carbocycles. The topological polar surface area (TPSA) is 60.7 Å². The molecular formula is C10H18O3. The van der Waals surface area contributed by atoms with Gasteiger partial charge >= 0.3 is 0 Å². The van der Waals surface area contributed by atoms with Crippen LogP contribution in [0.25, 0.3) is 0 Å². The van der Waals surface area contributed by atoms with Crippen molar-refractivity contribution >= 4 is 0 Å². The molecule has 3 N–H and O–H groups in total. The maximum absolute atomic E-state index is 9.76. The standard InChI is InChI=1S/C10H18O3/c1-10(2)6-3-7(10)9(13)8(12)5(6)4-11/h5-9,11-13H,3-4H2,1-2H3/t5-,6-,7+,8+,9+/m1/s1. The lowest BCUT2D eigenvalue weighted by molar-refractivity contribution is -0.233. The van der Waals surface area contributed by atoms with Gasteiger partial charge in [-0.3, -0.25) is 0 Å². The Morgan fingerprint density at radius 3 is 2.23 bits per heavy atom. The number of aliphatic hydroxyl groups is 3. The Balaban J connectivity index is 2.23. The van der Waals surface area contributed by atoms with Crippen LogP contribution in [0.2, 0.25) is 0 Å². The smallest absolute Gasteiger partial charge is 0.0854 e. The molecule has 0 aromatic heterocycles. The zero-order chi connectivity index (χ0) is 9.80. The molecule has 3 fully saturated rings. The summed E-state index contributed by atoms with van der Waals surface area (Å²) >= 11 is 0. The quantitative estimate of drug-likeness (QED) is 0.540. The van der Waals surface area contributed by atoms with Crippen molar-refractivity contribution in [3.63, 3.8) is 0 Å². The van der Waals surface area contributed by atoms with Crippen molar-refractivity contribution < 1.29 is 15.3 Å². The predicted octanol–water partition coefficient (Wildman–Crippen LogP) is -0.00740. The molecule has 3 saturated carbocycles. The number of fused-ring (bicyclic) bond motifs is 2. The van der Waals surface area contributed by atoms with Crippen LogP contribution >= 0.6 is 0 Å². The largest absolute Gasteiger partial charge is 0.396 e. The monoisotopic (exact) mass is 186 g/mol. The highest BCUT2D eigenvalue weighted by molar-refractivity contribution is 5.10. The molecule has 13 heavy (non-hydrogen) atoms. The second-order valence-electron chi connectivity index (χ2n) is 5.10. The molecule has 0 spiro atoms. The summed E-state index contributed by atoms with van der Waals surface area (Å²) < 4.78 is 0. The average molecular weight is 186 g/mol. The second kappa shape index (κ2) is 2.69. The highest BCUT2D eigenvalue weighted by atomic mass is 16.3. The van der Waals surface area contributed by atoms with Gasteiger partial charge in [0, 0.05) is 12.5 Å². The van der Waals surface area contributed by atoms with Gasteiger partial charge in [0.2, 0.25) is 0 Å². The fourth-order valence-electron chi connectivity index (χ4n) is 3.27. The summed E-state index contributed by atoms with van der Waals surface area (Å²) in [6, 6.07) is 0. The van der Waals surface area contributed by atoms with E-state index < -0.39 is 12.2 Å². The Bertz CT molecular complexity index is 214. The summed E-state index contributed by atoms with van der Waals surface area (Å²) in [7, 11) is 0. The lowest BCUT2D eigenvalue weighted by atomic mass is 9.44. The first-order valence-corrected chi connectivity index (χ1v) is 4.97. The van der Waals surface area contributed by atoms with Crippen molar-refractivity contribution in [3.05, 3.63) is 0 Å². The molecular weight excluding hydrogens is 168 g/mol.